The van der Waals surface area contributed by atoms with Gasteiger partial charge in [-0.2, -0.15) is 0 Å². The molecule has 2 aliphatic rings. The standard InChI is InChI=1S/C31H33P/c1-21(2)17-22(3)18-23(4)32-19-26-15-13-24-9-5-7-11-28(24)30(26)31-27(20-32)16-14-25-10-6-8-12-29(25)31/h5-15,23,27H,1,3,16-20H2,2,4H3. The predicted molar refractivity (Wildman–Crippen MR) is 143 cm³/mol. The Morgan fingerprint density at radius 2 is 1.81 bits per heavy atom. The van der Waals surface area contributed by atoms with Crippen molar-refractivity contribution in [3.05, 3.63) is 107 Å². The van der Waals surface area contributed by atoms with Crippen LogP contribution in [-0.2, 0) is 6.16 Å². The molecule has 0 radical (unpaired) electrons. The van der Waals surface area contributed by atoms with Crippen molar-refractivity contribution in [2.24, 2.45) is 5.92 Å². The van der Waals surface area contributed by atoms with Crippen LogP contribution in [0, 0.1) is 5.92 Å². The van der Waals surface area contributed by atoms with E-state index in [4.69, 9.17) is 0 Å². The molecule has 1 heteroatoms. The maximum Gasteiger partial charge on any atom is -0.00641 e. The van der Waals surface area contributed by atoms with E-state index in [-0.39, 0.29) is 7.92 Å². The van der Waals surface area contributed by atoms with Crippen molar-refractivity contribution in [1.82, 2.24) is 0 Å². The van der Waals surface area contributed by atoms with Crippen molar-refractivity contribution in [3.63, 3.8) is 0 Å². The average molecular weight is 437 g/mol. The van der Waals surface area contributed by atoms with Crippen molar-refractivity contribution in [1.29, 1.82) is 0 Å². The lowest BCUT2D eigenvalue weighted by atomic mass is 9.82. The minimum Gasteiger partial charge on any atom is -0.0998 e. The quantitative estimate of drug-likeness (QED) is 0.295. The van der Waals surface area contributed by atoms with E-state index in [0.29, 0.717) is 11.6 Å². The van der Waals surface area contributed by atoms with Crippen LogP contribution >= 0.6 is 7.92 Å². The lowest BCUT2D eigenvalue weighted by molar-refractivity contribution is 0.774. The smallest absolute Gasteiger partial charge is 0.00641 e. The number of allylic oxidation sites excluding steroid dienone is 2. The Hall–Kier alpha value is -2.43. The Balaban J connectivity index is 1.66. The van der Waals surface area contributed by atoms with E-state index in [1.165, 1.54) is 50.2 Å². The Kier molecular flexibility index (Phi) is 5.92. The van der Waals surface area contributed by atoms with E-state index in [9.17, 15) is 0 Å². The minimum atomic E-state index is -0.123. The highest BCUT2D eigenvalue weighted by Gasteiger charge is 2.32. The summed E-state index contributed by atoms with van der Waals surface area (Å²) in [7, 11) is -0.123. The molecule has 3 aromatic rings. The first-order chi connectivity index (χ1) is 15.5. The molecule has 1 aliphatic carbocycles. The summed E-state index contributed by atoms with van der Waals surface area (Å²) in [5.41, 5.74) is 7.95. The number of benzene rings is 3. The lowest BCUT2D eigenvalue weighted by Crippen LogP contribution is -2.33. The normalized spacial score (nSPS) is 20.4. The van der Waals surface area contributed by atoms with E-state index in [1.807, 2.05) is 0 Å². The molecule has 5 rings (SSSR count). The van der Waals surface area contributed by atoms with Gasteiger partial charge in [0.2, 0.25) is 0 Å². The van der Waals surface area contributed by atoms with Crippen LogP contribution in [0.2, 0.25) is 0 Å². The van der Waals surface area contributed by atoms with Gasteiger partial charge in [0.05, 0.1) is 0 Å². The van der Waals surface area contributed by atoms with Gasteiger partial charge in [-0.1, -0.05) is 106 Å². The molecule has 0 saturated heterocycles. The minimum absolute atomic E-state index is 0.123. The molecule has 0 bridgehead atoms. The van der Waals surface area contributed by atoms with Gasteiger partial charge in [0, 0.05) is 0 Å². The molecule has 0 aromatic heterocycles. The van der Waals surface area contributed by atoms with E-state index >= 15 is 0 Å². The second-order valence-electron chi connectivity index (χ2n) is 9.82. The third-order valence-electron chi connectivity index (χ3n) is 7.15. The lowest BCUT2D eigenvalue weighted by Gasteiger charge is -2.28. The molecule has 1 heterocycles. The second kappa shape index (κ2) is 8.84. The highest BCUT2D eigenvalue weighted by atomic mass is 31.1. The number of hydrogen-bond donors (Lipinski definition) is 0. The highest BCUT2D eigenvalue weighted by molar-refractivity contribution is 7.57. The van der Waals surface area contributed by atoms with Gasteiger partial charge in [-0.3, -0.25) is 0 Å². The molecule has 0 nitrogen and oxygen atoms in total. The molecule has 0 amide bonds. The Morgan fingerprint density at radius 3 is 2.66 bits per heavy atom. The maximum atomic E-state index is 4.39. The summed E-state index contributed by atoms with van der Waals surface area (Å²) in [6.07, 6.45) is 8.28. The monoisotopic (exact) mass is 436 g/mol. The number of rotatable bonds is 5. The second-order valence-corrected chi connectivity index (χ2v) is 12.6. The van der Waals surface area contributed by atoms with Gasteiger partial charge in [-0.05, 0) is 88.0 Å². The summed E-state index contributed by atoms with van der Waals surface area (Å²) in [6.45, 7) is 13.1. The molecular weight excluding hydrogens is 403 g/mol. The number of hydrogen-bond acceptors (Lipinski definition) is 0. The van der Waals surface area contributed by atoms with E-state index < -0.39 is 0 Å². The van der Waals surface area contributed by atoms with Crippen LogP contribution in [0.25, 0.3) is 22.4 Å². The van der Waals surface area contributed by atoms with Gasteiger partial charge in [-0.15, -0.1) is 0 Å². The first-order valence-corrected chi connectivity index (χ1v) is 13.6. The topological polar surface area (TPSA) is 0 Å². The van der Waals surface area contributed by atoms with Crippen LogP contribution in [0.5, 0.6) is 0 Å². The van der Waals surface area contributed by atoms with Gasteiger partial charge in [0.15, 0.2) is 0 Å². The molecular formula is C31H33P. The van der Waals surface area contributed by atoms with Crippen molar-refractivity contribution in [3.8, 4) is 0 Å². The average Bonchev–Trinajstić information content (AvgIpc) is 2.95. The summed E-state index contributed by atoms with van der Waals surface area (Å²) < 4.78 is 0. The summed E-state index contributed by atoms with van der Waals surface area (Å²) in [4.78, 5) is 0. The Bertz CT molecular complexity index is 1330. The first-order valence-electron chi connectivity index (χ1n) is 11.9. The summed E-state index contributed by atoms with van der Waals surface area (Å²) in [6, 6.07) is 22.8. The van der Waals surface area contributed by atoms with Gasteiger partial charge in [0.1, 0.15) is 0 Å². The first kappa shape index (κ1) is 21.4. The Morgan fingerprint density at radius 1 is 1.03 bits per heavy atom. The summed E-state index contributed by atoms with van der Waals surface area (Å²) in [5, 5.41) is 5.65. The molecule has 1 aliphatic heterocycles. The largest absolute Gasteiger partial charge is 0.0998 e. The van der Waals surface area contributed by atoms with E-state index in [2.05, 4.69) is 93.7 Å². The summed E-state index contributed by atoms with van der Waals surface area (Å²) in [5.74, 6) is 0.611. The Labute approximate surface area is 193 Å². The van der Waals surface area contributed by atoms with E-state index in [1.54, 1.807) is 11.1 Å². The molecule has 3 atom stereocenters. The van der Waals surface area contributed by atoms with Crippen molar-refractivity contribution < 1.29 is 0 Å². The van der Waals surface area contributed by atoms with E-state index in [0.717, 1.165) is 19.3 Å². The zero-order valence-electron chi connectivity index (χ0n) is 19.4. The molecule has 3 aromatic carbocycles. The van der Waals surface area contributed by atoms with Gasteiger partial charge in [0.25, 0.3) is 0 Å². The molecule has 0 saturated carbocycles. The van der Waals surface area contributed by atoms with Crippen molar-refractivity contribution >= 4 is 30.3 Å². The van der Waals surface area contributed by atoms with Crippen LogP contribution in [0.1, 0.15) is 44.2 Å². The van der Waals surface area contributed by atoms with Crippen LogP contribution in [0.3, 0.4) is 0 Å². The fourth-order valence-electron chi connectivity index (χ4n) is 5.75. The third-order valence-corrected chi connectivity index (χ3v) is 10.2. The molecule has 0 spiro atoms. The number of fused-ring (bicyclic) bond motifs is 6. The molecule has 0 fully saturated rings. The van der Waals surface area contributed by atoms with Gasteiger partial charge >= 0.3 is 0 Å². The van der Waals surface area contributed by atoms with Crippen LogP contribution < -0.4 is 10.4 Å². The molecule has 32 heavy (non-hydrogen) atoms. The molecule has 0 N–H and O–H groups in total. The van der Waals surface area contributed by atoms with Gasteiger partial charge in [-0.25, -0.2) is 0 Å². The SMILES string of the molecule is C=C(C)CC(=C)CC(C)P1Cc2ccc3ccccc3c2C2=c3ccccc3=CCC2C1. The summed E-state index contributed by atoms with van der Waals surface area (Å²) >= 11 is 0. The predicted octanol–water partition coefficient (Wildman–Crippen LogP) is 7.14. The van der Waals surface area contributed by atoms with Crippen LogP contribution in [0.15, 0.2) is 85.0 Å². The highest BCUT2D eigenvalue weighted by Crippen LogP contribution is 2.55. The third kappa shape index (κ3) is 4.02. The zero-order chi connectivity index (χ0) is 22.2. The molecule has 162 valence electrons. The fourth-order valence-corrected chi connectivity index (χ4v) is 8.66. The van der Waals surface area contributed by atoms with Crippen molar-refractivity contribution in [2.75, 3.05) is 6.16 Å². The molecule has 3 unspecified atom stereocenters. The van der Waals surface area contributed by atoms with Crippen LogP contribution in [-0.4, -0.2) is 11.8 Å². The maximum absolute atomic E-state index is 4.39. The zero-order valence-corrected chi connectivity index (χ0v) is 20.3. The fraction of sp³-hybridized carbons (Fsp3) is 0.290. The van der Waals surface area contributed by atoms with Crippen LogP contribution in [0.4, 0.5) is 0 Å². The van der Waals surface area contributed by atoms with Gasteiger partial charge < -0.3 is 0 Å². The van der Waals surface area contributed by atoms with Crippen molar-refractivity contribution in [2.45, 2.75) is 44.9 Å².